The predicted octanol–water partition coefficient (Wildman–Crippen LogP) is 2.57. The van der Waals surface area contributed by atoms with Crippen LogP contribution in [-0.2, 0) is 6.54 Å². The molecule has 1 fully saturated rings. The number of carbonyl (C=O) groups is 2. The van der Waals surface area contributed by atoms with Crippen LogP contribution in [0.25, 0.3) is 0 Å². The SMILES string of the molecule is CC(C)(C)NC(=O)c1cncc(C(=O)N2CCN(Cc3ccccc3)CC2)c1. The van der Waals surface area contributed by atoms with E-state index in [1.165, 1.54) is 18.0 Å². The summed E-state index contributed by atoms with van der Waals surface area (Å²) in [6.45, 7) is 9.66. The van der Waals surface area contributed by atoms with Crippen molar-refractivity contribution in [3.63, 3.8) is 0 Å². The van der Waals surface area contributed by atoms with Gasteiger partial charge in [0.05, 0.1) is 11.1 Å². The molecule has 0 aliphatic carbocycles. The van der Waals surface area contributed by atoms with Crippen LogP contribution in [0.1, 0.15) is 47.1 Å². The van der Waals surface area contributed by atoms with Gasteiger partial charge in [0, 0.05) is 50.7 Å². The van der Waals surface area contributed by atoms with E-state index in [0.717, 1.165) is 19.6 Å². The fraction of sp³-hybridized carbons (Fsp3) is 0.409. The van der Waals surface area contributed by atoms with E-state index in [1.54, 1.807) is 6.07 Å². The van der Waals surface area contributed by atoms with Gasteiger partial charge in [0.2, 0.25) is 0 Å². The highest BCUT2D eigenvalue weighted by Gasteiger charge is 2.23. The van der Waals surface area contributed by atoms with Crippen LogP contribution in [0.2, 0.25) is 0 Å². The molecular weight excluding hydrogens is 352 g/mol. The summed E-state index contributed by atoms with van der Waals surface area (Å²) in [5, 5.41) is 2.90. The maximum absolute atomic E-state index is 12.9. The lowest BCUT2D eigenvalue weighted by Crippen LogP contribution is -2.48. The Morgan fingerprint density at radius 3 is 2.29 bits per heavy atom. The largest absolute Gasteiger partial charge is 0.347 e. The standard InChI is InChI=1S/C22H28N4O2/c1-22(2,3)24-20(27)18-13-19(15-23-14-18)21(28)26-11-9-25(10-12-26)16-17-7-5-4-6-8-17/h4-8,13-15H,9-12,16H2,1-3H3,(H,24,27). The Morgan fingerprint density at radius 1 is 1.00 bits per heavy atom. The van der Waals surface area contributed by atoms with Gasteiger partial charge in [-0.05, 0) is 32.4 Å². The summed E-state index contributed by atoms with van der Waals surface area (Å²) in [6.07, 6.45) is 3.03. The number of carbonyl (C=O) groups excluding carboxylic acids is 2. The fourth-order valence-electron chi connectivity index (χ4n) is 3.23. The minimum atomic E-state index is -0.341. The number of rotatable bonds is 4. The van der Waals surface area contributed by atoms with Crippen LogP contribution in [0.15, 0.2) is 48.8 Å². The normalized spacial score (nSPS) is 15.3. The molecule has 1 saturated heterocycles. The summed E-state index contributed by atoms with van der Waals surface area (Å²) in [5.74, 6) is -0.292. The minimum absolute atomic E-state index is 0.0720. The molecule has 0 radical (unpaired) electrons. The first-order chi connectivity index (χ1) is 13.3. The maximum Gasteiger partial charge on any atom is 0.255 e. The molecule has 6 heteroatoms. The molecule has 1 aliphatic heterocycles. The molecule has 0 saturated carbocycles. The average Bonchev–Trinajstić information content (AvgIpc) is 2.68. The first-order valence-corrected chi connectivity index (χ1v) is 9.65. The molecule has 148 valence electrons. The van der Waals surface area contributed by atoms with Crippen LogP contribution < -0.4 is 5.32 Å². The molecule has 1 aliphatic rings. The van der Waals surface area contributed by atoms with Gasteiger partial charge >= 0.3 is 0 Å². The van der Waals surface area contributed by atoms with Crippen molar-refractivity contribution in [1.29, 1.82) is 0 Å². The van der Waals surface area contributed by atoms with Crippen LogP contribution in [0.3, 0.4) is 0 Å². The van der Waals surface area contributed by atoms with Crippen LogP contribution in [-0.4, -0.2) is 58.3 Å². The highest BCUT2D eigenvalue weighted by molar-refractivity contribution is 5.99. The molecule has 0 atom stereocenters. The lowest BCUT2D eigenvalue weighted by atomic mass is 10.1. The third kappa shape index (κ3) is 5.39. The molecule has 1 aromatic heterocycles. The van der Waals surface area contributed by atoms with Crippen molar-refractivity contribution in [2.45, 2.75) is 32.9 Å². The molecule has 0 spiro atoms. The maximum atomic E-state index is 12.9. The predicted molar refractivity (Wildman–Crippen MR) is 109 cm³/mol. The van der Waals surface area contributed by atoms with Crippen LogP contribution in [0, 0.1) is 0 Å². The van der Waals surface area contributed by atoms with E-state index in [0.29, 0.717) is 24.2 Å². The van der Waals surface area contributed by atoms with Crippen LogP contribution >= 0.6 is 0 Å². The molecule has 0 unspecified atom stereocenters. The van der Waals surface area contributed by atoms with Crippen molar-refractivity contribution in [3.8, 4) is 0 Å². The van der Waals surface area contributed by atoms with Crippen molar-refractivity contribution in [2.75, 3.05) is 26.2 Å². The summed E-state index contributed by atoms with van der Waals surface area (Å²) in [7, 11) is 0. The van der Waals surface area contributed by atoms with Gasteiger partial charge in [0.15, 0.2) is 0 Å². The monoisotopic (exact) mass is 380 g/mol. The summed E-state index contributed by atoms with van der Waals surface area (Å²) in [5.41, 5.74) is 1.80. The lowest BCUT2D eigenvalue weighted by Gasteiger charge is -2.34. The second-order valence-corrected chi connectivity index (χ2v) is 8.22. The summed E-state index contributed by atoms with van der Waals surface area (Å²) in [6, 6.07) is 12.0. The van der Waals surface area contributed by atoms with E-state index < -0.39 is 0 Å². The van der Waals surface area contributed by atoms with Crippen LogP contribution in [0.4, 0.5) is 0 Å². The molecule has 1 N–H and O–H groups in total. The summed E-state index contributed by atoms with van der Waals surface area (Å²) in [4.78, 5) is 33.5. The van der Waals surface area contributed by atoms with Gasteiger partial charge < -0.3 is 10.2 Å². The summed E-state index contributed by atoms with van der Waals surface area (Å²) < 4.78 is 0. The molecular formula is C22H28N4O2. The highest BCUT2D eigenvalue weighted by atomic mass is 16.2. The lowest BCUT2D eigenvalue weighted by molar-refractivity contribution is 0.0628. The smallest absolute Gasteiger partial charge is 0.255 e. The molecule has 28 heavy (non-hydrogen) atoms. The first-order valence-electron chi connectivity index (χ1n) is 9.65. The number of benzene rings is 1. The van der Waals surface area contributed by atoms with Crippen molar-refractivity contribution in [3.05, 3.63) is 65.5 Å². The number of nitrogens with zero attached hydrogens (tertiary/aromatic N) is 3. The Morgan fingerprint density at radius 2 is 1.64 bits per heavy atom. The van der Waals surface area contributed by atoms with E-state index in [2.05, 4.69) is 27.3 Å². The zero-order valence-corrected chi connectivity index (χ0v) is 16.8. The molecule has 1 aromatic carbocycles. The number of nitrogens with one attached hydrogen (secondary N) is 1. The van der Waals surface area contributed by atoms with Crippen LogP contribution in [0.5, 0.6) is 0 Å². The van der Waals surface area contributed by atoms with Gasteiger partial charge in [-0.25, -0.2) is 0 Å². The van der Waals surface area contributed by atoms with Gasteiger partial charge in [-0.2, -0.15) is 0 Å². The Labute approximate surface area is 166 Å². The molecule has 2 heterocycles. The third-order valence-corrected chi connectivity index (χ3v) is 4.64. The Kier molecular flexibility index (Phi) is 6.09. The fourth-order valence-corrected chi connectivity index (χ4v) is 3.23. The van der Waals surface area contributed by atoms with E-state index >= 15 is 0 Å². The number of aromatic nitrogens is 1. The summed E-state index contributed by atoms with van der Waals surface area (Å²) >= 11 is 0. The zero-order chi connectivity index (χ0) is 20.1. The molecule has 2 amide bonds. The van der Waals surface area contributed by atoms with E-state index in [4.69, 9.17) is 0 Å². The van der Waals surface area contributed by atoms with Gasteiger partial charge in [0.1, 0.15) is 0 Å². The van der Waals surface area contributed by atoms with Gasteiger partial charge in [0.25, 0.3) is 11.8 Å². The number of amides is 2. The first kappa shape index (κ1) is 20.0. The van der Waals surface area contributed by atoms with E-state index in [1.807, 2.05) is 43.9 Å². The Hall–Kier alpha value is -2.73. The molecule has 3 rings (SSSR count). The number of pyridine rings is 1. The highest BCUT2D eigenvalue weighted by Crippen LogP contribution is 2.13. The molecule has 6 nitrogen and oxygen atoms in total. The van der Waals surface area contributed by atoms with Crippen molar-refractivity contribution < 1.29 is 9.59 Å². The van der Waals surface area contributed by atoms with Gasteiger partial charge in [-0.3, -0.25) is 19.5 Å². The zero-order valence-electron chi connectivity index (χ0n) is 16.8. The van der Waals surface area contributed by atoms with E-state index in [9.17, 15) is 9.59 Å². The number of hydrogen-bond donors (Lipinski definition) is 1. The van der Waals surface area contributed by atoms with Crippen molar-refractivity contribution in [2.24, 2.45) is 0 Å². The topological polar surface area (TPSA) is 65.5 Å². The van der Waals surface area contributed by atoms with Gasteiger partial charge in [-0.15, -0.1) is 0 Å². The second-order valence-electron chi connectivity index (χ2n) is 8.22. The third-order valence-electron chi connectivity index (χ3n) is 4.64. The van der Waals surface area contributed by atoms with Crippen molar-refractivity contribution >= 4 is 11.8 Å². The van der Waals surface area contributed by atoms with E-state index in [-0.39, 0.29) is 17.4 Å². The minimum Gasteiger partial charge on any atom is -0.347 e. The van der Waals surface area contributed by atoms with Crippen molar-refractivity contribution in [1.82, 2.24) is 20.1 Å². The van der Waals surface area contributed by atoms with Gasteiger partial charge in [-0.1, -0.05) is 30.3 Å². The quantitative estimate of drug-likeness (QED) is 0.885. The second kappa shape index (κ2) is 8.52. The number of piperazine rings is 1. The molecule has 0 bridgehead atoms. The molecule has 2 aromatic rings. The Balaban J connectivity index is 1.59. The number of hydrogen-bond acceptors (Lipinski definition) is 4. The Bertz CT molecular complexity index is 822. The average molecular weight is 380 g/mol.